The summed E-state index contributed by atoms with van der Waals surface area (Å²) in [5.74, 6) is 0.183. The summed E-state index contributed by atoms with van der Waals surface area (Å²) in [6, 6.07) is 36.4. The van der Waals surface area contributed by atoms with Gasteiger partial charge in [-0.2, -0.15) is 5.10 Å². The number of fused-ring (bicyclic) bond motifs is 1. The molecule has 0 bridgehead atoms. The minimum atomic E-state index is -3.88. The number of aryl methyl sites for hydroxylation is 1. The van der Waals surface area contributed by atoms with E-state index in [-0.39, 0.29) is 11.3 Å². The van der Waals surface area contributed by atoms with Crippen LogP contribution in [-0.2, 0) is 21.4 Å². The first kappa shape index (κ1) is 28.7. The average Bonchev–Trinajstić information content (AvgIpc) is 3.01. The zero-order chi connectivity index (χ0) is 29.4. The lowest BCUT2D eigenvalue weighted by Crippen LogP contribution is -2.32. The first-order valence-corrected chi connectivity index (χ1v) is 15.0. The summed E-state index contributed by atoms with van der Waals surface area (Å²) in [6.45, 7) is 2.27. The fourth-order valence-corrected chi connectivity index (χ4v) is 5.78. The Balaban J connectivity index is 1.34. The molecule has 0 aliphatic heterocycles. The molecule has 0 spiro atoms. The van der Waals surface area contributed by atoms with Gasteiger partial charge in [-0.05, 0) is 47.0 Å². The number of carbonyl (C=O) groups excluding carboxylic acids is 1. The lowest BCUT2D eigenvalue weighted by Gasteiger charge is -2.18. The molecule has 2 N–H and O–H groups in total. The maximum atomic E-state index is 13.1. The molecule has 0 aliphatic carbocycles. The van der Waals surface area contributed by atoms with Gasteiger partial charge in [-0.3, -0.25) is 4.79 Å². The fraction of sp³-hybridized carbons (Fsp3) is 0.118. The molecule has 0 aliphatic rings. The van der Waals surface area contributed by atoms with Gasteiger partial charge in [-0.15, -0.1) is 0 Å². The fourth-order valence-electron chi connectivity index (χ4n) is 4.56. The molecule has 5 aromatic rings. The second kappa shape index (κ2) is 13.2. The number of hydrogen-bond acceptors (Lipinski definition) is 5. The van der Waals surface area contributed by atoms with E-state index in [2.05, 4.69) is 15.2 Å². The van der Waals surface area contributed by atoms with Gasteiger partial charge < -0.3 is 4.74 Å². The summed E-state index contributed by atoms with van der Waals surface area (Å²) < 4.78 is 35.1. The van der Waals surface area contributed by atoms with E-state index in [1.54, 1.807) is 54.7 Å². The highest BCUT2D eigenvalue weighted by Gasteiger charge is 2.23. The van der Waals surface area contributed by atoms with Crippen LogP contribution in [0.25, 0.3) is 10.8 Å². The number of rotatable bonds is 11. The number of carbonyl (C=O) groups is 1. The zero-order valence-electron chi connectivity index (χ0n) is 23.1. The van der Waals surface area contributed by atoms with Crippen LogP contribution in [0, 0.1) is 6.92 Å². The van der Waals surface area contributed by atoms with Crippen LogP contribution in [0.2, 0.25) is 0 Å². The Hall–Kier alpha value is -4.79. The number of sulfonamides is 1. The normalized spacial score (nSPS) is 12.3. The lowest BCUT2D eigenvalue weighted by atomic mass is 10.0. The molecule has 0 saturated heterocycles. The van der Waals surface area contributed by atoms with Crippen LogP contribution in [0.15, 0.2) is 131 Å². The van der Waals surface area contributed by atoms with Crippen LogP contribution in [0.1, 0.15) is 34.7 Å². The van der Waals surface area contributed by atoms with Crippen molar-refractivity contribution in [2.75, 3.05) is 0 Å². The third kappa shape index (κ3) is 7.28. The third-order valence-corrected chi connectivity index (χ3v) is 8.26. The van der Waals surface area contributed by atoms with E-state index in [0.29, 0.717) is 17.9 Å². The Morgan fingerprint density at radius 2 is 1.50 bits per heavy atom. The van der Waals surface area contributed by atoms with Crippen molar-refractivity contribution >= 4 is 32.9 Å². The summed E-state index contributed by atoms with van der Waals surface area (Å²) in [4.78, 5) is 13.2. The molecule has 0 radical (unpaired) electrons. The summed E-state index contributed by atoms with van der Waals surface area (Å²) in [5, 5.41) is 6.17. The molecule has 212 valence electrons. The Morgan fingerprint density at radius 1 is 0.833 bits per heavy atom. The molecule has 5 rings (SSSR count). The molecule has 0 unspecified atom stereocenters. The molecule has 42 heavy (non-hydrogen) atoms. The number of benzene rings is 5. The molecule has 0 aromatic heterocycles. The number of nitrogens with zero attached hydrogens (tertiary/aromatic N) is 1. The predicted octanol–water partition coefficient (Wildman–Crippen LogP) is 6.29. The Labute approximate surface area is 245 Å². The second-order valence-corrected chi connectivity index (χ2v) is 11.6. The van der Waals surface area contributed by atoms with Crippen LogP contribution in [-0.4, -0.2) is 20.5 Å². The van der Waals surface area contributed by atoms with Gasteiger partial charge in [-0.25, -0.2) is 18.6 Å². The van der Waals surface area contributed by atoms with Gasteiger partial charge in [-0.1, -0.05) is 109 Å². The van der Waals surface area contributed by atoms with Crippen molar-refractivity contribution in [3.63, 3.8) is 0 Å². The summed E-state index contributed by atoms with van der Waals surface area (Å²) in [6.07, 6.45) is 1.41. The van der Waals surface area contributed by atoms with Gasteiger partial charge >= 0.3 is 0 Å². The monoisotopic (exact) mass is 577 g/mol. The Kier molecular flexibility index (Phi) is 9.06. The molecule has 8 heteroatoms. The number of hydrazone groups is 1. The Morgan fingerprint density at radius 3 is 2.24 bits per heavy atom. The first-order chi connectivity index (χ1) is 20.4. The van der Waals surface area contributed by atoms with E-state index >= 15 is 0 Å². The van der Waals surface area contributed by atoms with E-state index in [1.807, 2.05) is 79.7 Å². The van der Waals surface area contributed by atoms with Gasteiger partial charge in [0, 0.05) is 12.0 Å². The predicted molar refractivity (Wildman–Crippen MR) is 166 cm³/mol. The largest absolute Gasteiger partial charge is 0.488 e. The van der Waals surface area contributed by atoms with E-state index in [1.165, 1.54) is 0 Å². The van der Waals surface area contributed by atoms with Crippen LogP contribution in [0.5, 0.6) is 5.75 Å². The highest BCUT2D eigenvalue weighted by molar-refractivity contribution is 7.89. The maximum Gasteiger partial charge on any atom is 0.242 e. The highest BCUT2D eigenvalue weighted by Crippen LogP contribution is 2.27. The molecule has 5 aromatic carbocycles. The van der Waals surface area contributed by atoms with E-state index in [0.717, 1.165) is 27.5 Å². The van der Waals surface area contributed by atoms with Crippen molar-refractivity contribution in [2.24, 2.45) is 5.10 Å². The van der Waals surface area contributed by atoms with Crippen LogP contribution < -0.4 is 14.9 Å². The van der Waals surface area contributed by atoms with Crippen molar-refractivity contribution in [1.29, 1.82) is 0 Å². The summed E-state index contributed by atoms with van der Waals surface area (Å²) in [5.41, 5.74) is 5.94. The maximum absolute atomic E-state index is 13.1. The quantitative estimate of drug-likeness (QED) is 0.143. The smallest absolute Gasteiger partial charge is 0.242 e. The zero-order valence-corrected chi connectivity index (χ0v) is 23.9. The van der Waals surface area contributed by atoms with Crippen molar-refractivity contribution in [2.45, 2.75) is 30.9 Å². The molecule has 1 amide bonds. The standard InChI is InChI=1S/C34H31N3O4S/c1-25-16-19-29(20-17-25)42(39,40)37-32(28-13-6-3-7-14-28)22-34(38)36-35-23-31-30-15-9-8-12-27(30)18-21-33(31)41-24-26-10-4-2-5-11-26/h2-21,23,32,37H,22,24H2,1H3,(H,36,38)/b35-23-/t32-/m1/s1. The van der Waals surface area contributed by atoms with Gasteiger partial charge in [0.1, 0.15) is 12.4 Å². The highest BCUT2D eigenvalue weighted by atomic mass is 32.2. The lowest BCUT2D eigenvalue weighted by molar-refractivity contribution is -0.121. The van der Waals surface area contributed by atoms with Gasteiger partial charge in [0.15, 0.2) is 0 Å². The molecule has 0 saturated carbocycles. The van der Waals surface area contributed by atoms with Crippen molar-refractivity contribution < 1.29 is 17.9 Å². The summed E-state index contributed by atoms with van der Waals surface area (Å²) >= 11 is 0. The number of ether oxygens (including phenoxy) is 1. The van der Waals surface area contributed by atoms with E-state index in [9.17, 15) is 13.2 Å². The molecular weight excluding hydrogens is 546 g/mol. The van der Waals surface area contributed by atoms with Gasteiger partial charge in [0.2, 0.25) is 15.9 Å². The third-order valence-electron chi connectivity index (χ3n) is 6.77. The van der Waals surface area contributed by atoms with Crippen molar-refractivity contribution in [1.82, 2.24) is 10.1 Å². The molecule has 1 atom stereocenters. The topological polar surface area (TPSA) is 96.9 Å². The average molecular weight is 578 g/mol. The van der Waals surface area contributed by atoms with E-state index < -0.39 is 22.0 Å². The molecule has 7 nitrogen and oxygen atoms in total. The minimum Gasteiger partial charge on any atom is -0.488 e. The SMILES string of the molecule is Cc1ccc(S(=O)(=O)N[C@H](CC(=O)N/N=C\c2c(OCc3ccccc3)ccc3ccccc23)c2ccccc2)cc1. The molecule has 0 fully saturated rings. The van der Waals surface area contributed by atoms with Gasteiger partial charge in [0.25, 0.3) is 0 Å². The Bertz CT molecular complexity index is 1790. The van der Waals surface area contributed by atoms with Crippen LogP contribution >= 0.6 is 0 Å². The van der Waals surface area contributed by atoms with Crippen molar-refractivity contribution in [3.8, 4) is 5.75 Å². The number of hydrogen-bond donors (Lipinski definition) is 2. The van der Waals surface area contributed by atoms with Gasteiger partial charge in [0.05, 0.1) is 17.2 Å². The van der Waals surface area contributed by atoms with Crippen LogP contribution in [0.3, 0.4) is 0 Å². The number of nitrogens with one attached hydrogen (secondary N) is 2. The van der Waals surface area contributed by atoms with E-state index in [4.69, 9.17) is 4.74 Å². The van der Waals surface area contributed by atoms with Crippen molar-refractivity contribution in [3.05, 3.63) is 144 Å². The molecule has 0 heterocycles. The minimum absolute atomic E-state index is 0.131. The first-order valence-electron chi connectivity index (χ1n) is 13.5. The second-order valence-electron chi connectivity index (χ2n) is 9.87. The number of amides is 1. The van der Waals surface area contributed by atoms with Crippen LogP contribution in [0.4, 0.5) is 0 Å². The molecular formula is C34H31N3O4S. The summed E-state index contributed by atoms with van der Waals surface area (Å²) in [7, 11) is -3.88.